The largest absolute Gasteiger partial charge is 0.478 e. The van der Waals surface area contributed by atoms with Crippen LogP contribution in [0.5, 0.6) is 5.75 Å². The lowest BCUT2D eigenvalue weighted by Crippen LogP contribution is -2.33. The number of nitrogens with two attached hydrogens (primary N) is 1. The lowest BCUT2D eigenvalue weighted by Gasteiger charge is -2.15. The fourth-order valence-electron chi connectivity index (χ4n) is 1.80. The number of carbonyl (C=O) groups excluding carboxylic acids is 1. The molecule has 1 amide bonds. The molecule has 0 aliphatic heterocycles. The second-order valence-electron chi connectivity index (χ2n) is 4.84. The molecule has 0 aromatic heterocycles. The van der Waals surface area contributed by atoms with Gasteiger partial charge in [0.2, 0.25) is 0 Å². The zero-order valence-electron chi connectivity index (χ0n) is 11.0. The number of nitrogens with one attached hydrogen (secondary N) is 1. The minimum Gasteiger partial charge on any atom is -0.478 e. The number of hydrogen-bond donors (Lipinski definition) is 2. The van der Waals surface area contributed by atoms with Gasteiger partial charge in [-0.05, 0) is 37.0 Å². The molecule has 1 fully saturated rings. The van der Waals surface area contributed by atoms with E-state index in [0.717, 1.165) is 5.56 Å². The van der Waals surface area contributed by atoms with E-state index in [1.807, 2.05) is 0 Å². The average molecular weight is 266 g/mol. The summed E-state index contributed by atoms with van der Waals surface area (Å²) in [4.78, 5) is 11.1. The summed E-state index contributed by atoms with van der Waals surface area (Å²) >= 11 is 0. The SMILES string of the molecule is CCC(Oc1ccc(CNC2CC2)cc1F)C(N)=O. The first kappa shape index (κ1) is 13.8. The fourth-order valence-corrected chi connectivity index (χ4v) is 1.80. The molecule has 1 aliphatic rings. The van der Waals surface area contributed by atoms with Crippen LogP contribution in [-0.4, -0.2) is 18.1 Å². The van der Waals surface area contributed by atoms with Crippen molar-refractivity contribution in [3.05, 3.63) is 29.6 Å². The van der Waals surface area contributed by atoms with Crippen LogP contribution in [0.3, 0.4) is 0 Å². The summed E-state index contributed by atoms with van der Waals surface area (Å²) in [5.41, 5.74) is 6.03. The predicted octanol–water partition coefficient (Wildman–Crippen LogP) is 1.72. The first-order chi connectivity index (χ1) is 9.10. The molecule has 1 aromatic rings. The Balaban J connectivity index is 1.98. The van der Waals surface area contributed by atoms with Crippen molar-refractivity contribution in [2.45, 2.75) is 44.9 Å². The van der Waals surface area contributed by atoms with Crippen LogP contribution < -0.4 is 15.8 Å². The molecule has 0 heterocycles. The van der Waals surface area contributed by atoms with Crippen molar-refractivity contribution in [1.29, 1.82) is 0 Å². The van der Waals surface area contributed by atoms with Gasteiger partial charge in [-0.15, -0.1) is 0 Å². The van der Waals surface area contributed by atoms with Gasteiger partial charge in [0, 0.05) is 12.6 Å². The van der Waals surface area contributed by atoms with Gasteiger partial charge in [0.25, 0.3) is 5.91 Å². The summed E-state index contributed by atoms with van der Waals surface area (Å²) in [5.74, 6) is -0.975. The van der Waals surface area contributed by atoms with Crippen LogP contribution in [0.15, 0.2) is 18.2 Å². The molecular weight excluding hydrogens is 247 g/mol. The van der Waals surface area contributed by atoms with Crippen molar-refractivity contribution in [3.63, 3.8) is 0 Å². The summed E-state index contributed by atoms with van der Waals surface area (Å²) in [5, 5.41) is 3.31. The zero-order chi connectivity index (χ0) is 13.8. The third kappa shape index (κ3) is 3.92. The van der Waals surface area contributed by atoms with Crippen molar-refractivity contribution in [2.24, 2.45) is 5.73 Å². The smallest absolute Gasteiger partial charge is 0.258 e. The van der Waals surface area contributed by atoms with Gasteiger partial charge in [0.05, 0.1) is 0 Å². The lowest BCUT2D eigenvalue weighted by atomic mass is 10.2. The van der Waals surface area contributed by atoms with Gasteiger partial charge in [-0.2, -0.15) is 0 Å². The highest BCUT2D eigenvalue weighted by atomic mass is 19.1. The molecule has 4 nitrogen and oxygen atoms in total. The van der Waals surface area contributed by atoms with Crippen molar-refractivity contribution >= 4 is 5.91 Å². The van der Waals surface area contributed by atoms with E-state index in [1.54, 1.807) is 19.1 Å². The van der Waals surface area contributed by atoms with Crippen LogP contribution in [0.2, 0.25) is 0 Å². The minimum atomic E-state index is -0.787. The quantitative estimate of drug-likeness (QED) is 0.790. The molecule has 0 spiro atoms. The standard InChI is InChI=1S/C14H19FN2O2/c1-2-12(14(16)18)19-13-6-3-9(7-11(13)15)8-17-10-4-5-10/h3,6-7,10,12,17H,2,4-5,8H2,1H3,(H2,16,18). The highest BCUT2D eigenvalue weighted by molar-refractivity contribution is 5.79. The van der Waals surface area contributed by atoms with Gasteiger partial charge in [-0.3, -0.25) is 4.79 Å². The van der Waals surface area contributed by atoms with E-state index in [1.165, 1.54) is 18.9 Å². The Labute approximate surface area is 112 Å². The van der Waals surface area contributed by atoms with E-state index in [2.05, 4.69) is 5.32 Å². The molecule has 1 aromatic carbocycles. The van der Waals surface area contributed by atoms with E-state index in [-0.39, 0.29) is 5.75 Å². The number of hydrogen-bond acceptors (Lipinski definition) is 3. The van der Waals surface area contributed by atoms with Gasteiger partial charge < -0.3 is 15.8 Å². The third-order valence-electron chi connectivity index (χ3n) is 3.13. The van der Waals surface area contributed by atoms with Crippen molar-refractivity contribution in [2.75, 3.05) is 0 Å². The second-order valence-corrected chi connectivity index (χ2v) is 4.84. The highest BCUT2D eigenvalue weighted by Crippen LogP contribution is 2.22. The minimum absolute atomic E-state index is 0.0702. The van der Waals surface area contributed by atoms with Crippen LogP contribution in [0.4, 0.5) is 4.39 Å². The number of ether oxygens (including phenoxy) is 1. The van der Waals surface area contributed by atoms with Gasteiger partial charge in [-0.25, -0.2) is 4.39 Å². The van der Waals surface area contributed by atoms with Crippen molar-refractivity contribution in [1.82, 2.24) is 5.32 Å². The Bertz CT molecular complexity index is 461. The maximum absolute atomic E-state index is 13.8. The lowest BCUT2D eigenvalue weighted by molar-refractivity contribution is -0.124. The Kier molecular flexibility index (Phi) is 4.37. The highest BCUT2D eigenvalue weighted by Gasteiger charge is 2.20. The van der Waals surface area contributed by atoms with Crippen LogP contribution in [0.1, 0.15) is 31.7 Å². The average Bonchev–Trinajstić information content (AvgIpc) is 3.19. The van der Waals surface area contributed by atoms with Crippen LogP contribution >= 0.6 is 0 Å². The monoisotopic (exact) mass is 266 g/mol. The van der Waals surface area contributed by atoms with Gasteiger partial charge in [-0.1, -0.05) is 13.0 Å². The maximum atomic E-state index is 13.8. The number of rotatable bonds is 7. The Morgan fingerprint density at radius 1 is 1.58 bits per heavy atom. The molecule has 0 bridgehead atoms. The van der Waals surface area contributed by atoms with Crippen LogP contribution in [0.25, 0.3) is 0 Å². The summed E-state index contributed by atoms with van der Waals surface area (Å²) in [6.07, 6.45) is 2.02. The van der Waals surface area contributed by atoms with E-state index in [0.29, 0.717) is 19.0 Å². The number of primary amides is 1. The molecule has 3 N–H and O–H groups in total. The Hall–Kier alpha value is -1.62. The van der Waals surface area contributed by atoms with Crippen molar-refractivity contribution < 1.29 is 13.9 Å². The Morgan fingerprint density at radius 3 is 2.84 bits per heavy atom. The third-order valence-corrected chi connectivity index (χ3v) is 3.13. The van der Waals surface area contributed by atoms with E-state index in [9.17, 15) is 9.18 Å². The summed E-state index contributed by atoms with van der Waals surface area (Å²) in [6, 6.07) is 5.35. The molecule has 1 unspecified atom stereocenters. The fraction of sp³-hybridized carbons (Fsp3) is 0.500. The first-order valence-electron chi connectivity index (χ1n) is 6.58. The molecule has 2 rings (SSSR count). The van der Waals surface area contributed by atoms with Gasteiger partial charge in [0.1, 0.15) is 0 Å². The van der Waals surface area contributed by atoms with Gasteiger partial charge in [0.15, 0.2) is 17.7 Å². The van der Waals surface area contributed by atoms with Crippen LogP contribution in [0, 0.1) is 5.82 Å². The molecular formula is C14H19FN2O2. The topological polar surface area (TPSA) is 64.3 Å². The molecule has 1 aliphatic carbocycles. The number of amides is 1. The molecule has 104 valence electrons. The first-order valence-corrected chi connectivity index (χ1v) is 6.58. The number of carbonyl (C=O) groups is 1. The molecule has 0 radical (unpaired) electrons. The molecule has 19 heavy (non-hydrogen) atoms. The molecule has 0 saturated heterocycles. The molecule has 1 atom stereocenters. The molecule has 1 saturated carbocycles. The normalized spacial score (nSPS) is 16.1. The second kappa shape index (κ2) is 6.02. The van der Waals surface area contributed by atoms with Gasteiger partial charge >= 0.3 is 0 Å². The van der Waals surface area contributed by atoms with Crippen molar-refractivity contribution in [3.8, 4) is 5.75 Å². The number of benzene rings is 1. The summed E-state index contributed by atoms with van der Waals surface area (Å²) in [7, 11) is 0. The summed E-state index contributed by atoms with van der Waals surface area (Å²) < 4.78 is 19.1. The molecule has 5 heteroatoms. The predicted molar refractivity (Wildman–Crippen MR) is 70.2 cm³/mol. The Morgan fingerprint density at radius 2 is 2.32 bits per heavy atom. The zero-order valence-corrected chi connectivity index (χ0v) is 11.0. The summed E-state index contributed by atoms with van der Waals surface area (Å²) in [6.45, 7) is 2.41. The van der Waals surface area contributed by atoms with E-state index in [4.69, 9.17) is 10.5 Å². The van der Waals surface area contributed by atoms with E-state index < -0.39 is 17.8 Å². The maximum Gasteiger partial charge on any atom is 0.258 e. The number of halogens is 1. The van der Waals surface area contributed by atoms with E-state index >= 15 is 0 Å². The van der Waals surface area contributed by atoms with Crippen LogP contribution in [-0.2, 0) is 11.3 Å².